The molecular formula is C13H17NO. The van der Waals surface area contributed by atoms with Gasteiger partial charge in [0.15, 0.2) is 0 Å². The number of benzene rings is 1. The average molecular weight is 203 g/mol. The summed E-state index contributed by atoms with van der Waals surface area (Å²) in [5.74, 6) is 0.945. The van der Waals surface area contributed by atoms with E-state index in [2.05, 4.69) is 12.1 Å². The number of nitrogens with two attached hydrogens (primary N) is 1. The van der Waals surface area contributed by atoms with Crippen molar-refractivity contribution in [3.63, 3.8) is 0 Å². The van der Waals surface area contributed by atoms with Crippen molar-refractivity contribution >= 4 is 0 Å². The minimum atomic E-state index is 0.226. The highest BCUT2D eigenvalue weighted by atomic mass is 16.5. The van der Waals surface area contributed by atoms with Crippen LogP contribution in [0.15, 0.2) is 30.4 Å². The summed E-state index contributed by atoms with van der Waals surface area (Å²) in [7, 11) is 0. The topological polar surface area (TPSA) is 35.2 Å². The first kappa shape index (κ1) is 10.2. The first-order valence-corrected chi connectivity index (χ1v) is 5.43. The SMILES string of the molecule is C/C=C/COc1ccc2c(c1)CCC2N. The summed E-state index contributed by atoms with van der Waals surface area (Å²) in [6.07, 6.45) is 6.13. The first-order valence-electron chi connectivity index (χ1n) is 5.43. The number of hydrogen-bond donors (Lipinski definition) is 1. The minimum Gasteiger partial charge on any atom is -0.490 e. The molecule has 2 rings (SSSR count). The molecule has 0 fully saturated rings. The summed E-state index contributed by atoms with van der Waals surface area (Å²) in [5, 5.41) is 0. The number of aryl methyl sites for hydroxylation is 1. The number of fused-ring (bicyclic) bond motifs is 1. The lowest BCUT2D eigenvalue weighted by molar-refractivity contribution is 0.362. The molecule has 2 nitrogen and oxygen atoms in total. The largest absolute Gasteiger partial charge is 0.490 e. The lowest BCUT2D eigenvalue weighted by atomic mass is 10.1. The summed E-state index contributed by atoms with van der Waals surface area (Å²) in [6, 6.07) is 6.45. The maximum absolute atomic E-state index is 5.97. The van der Waals surface area contributed by atoms with Crippen molar-refractivity contribution in [1.29, 1.82) is 0 Å². The second kappa shape index (κ2) is 4.49. The summed E-state index contributed by atoms with van der Waals surface area (Å²) >= 11 is 0. The number of hydrogen-bond acceptors (Lipinski definition) is 2. The summed E-state index contributed by atoms with van der Waals surface area (Å²) < 4.78 is 5.58. The third-order valence-corrected chi connectivity index (χ3v) is 2.82. The van der Waals surface area contributed by atoms with Crippen LogP contribution in [0.4, 0.5) is 0 Å². The Morgan fingerprint density at radius 1 is 1.53 bits per heavy atom. The van der Waals surface area contributed by atoms with Crippen LogP contribution in [-0.4, -0.2) is 6.61 Å². The van der Waals surface area contributed by atoms with Gasteiger partial charge in [-0.05, 0) is 43.0 Å². The summed E-state index contributed by atoms with van der Waals surface area (Å²) in [4.78, 5) is 0. The predicted molar refractivity (Wildman–Crippen MR) is 62.0 cm³/mol. The molecule has 0 spiro atoms. The van der Waals surface area contributed by atoms with Crippen LogP contribution in [0.25, 0.3) is 0 Å². The van der Waals surface area contributed by atoms with Crippen LogP contribution in [-0.2, 0) is 6.42 Å². The van der Waals surface area contributed by atoms with Crippen LogP contribution in [0.2, 0.25) is 0 Å². The van der Waals surface area contributed by atoms with Crippen molar-refractivity contribution < 1.29 is 4.74 Å². The van der Waals surface area contributed by atoms with E-state index in [1.165, 1.54) is 11.1 Å². The van der Waals surface area contributed by atoms with Crippen LogP contribution in [0.3, 0.4) is 0 Å². The Bertz CT molecular complexity index is 371. The van der Waals surface area contributed by atoms with Gasteiger partial charge in [-0.3, -0.25) is 0 Å². The second-order valence-corrected chi connectivity index (χ2v) is 3.89. The quantitative estimate of drug-likeness (QED) is 0.766. The lowest BCUT2D eigenvalue weighted by Crippen LogP contribution is -2.05. The fourth-order valence-electron chi connectivity index (χ4n) is 1.96. The molecule has 1 aliphatic carbocycles. The average Bonchev–Trinajstić information content (AvgIpc) is 2.61. The molecule has 1 atom stereocenters. The fraction of sp³-hybridized carbons (Fsp3) is 0.385. The van der Waals surface area contributed by atoms with Crippen molar-refractivity contribution in [2.24, 2.45) is 5.73 Å². The highest BCUT2D eigenvalue weighted by Crippen LogP contribution is 2.31. The molecule has 1 aromatic rings. The highest BCUT2D eigenvalue weighted by Gasteiger charge is 2.18. The van der Waals surface area contributed by atoms with Crippen LogP contribution >= 0.6 is 0 Å². The molecule has 2 N–H and O–H groups in total. The second-order valence-electron chi connectivity index (χ2n) is 3.89. The van der Waals surface area contributed by atoms with Gasteiger partial charge in [0.25, 0.3) is 0 Å². The Labute approximate surface area is 90.7 Å². The zero-order chi connectivity index (χ0) is 10.7. The maximum Gasteiger partial charge on any atom is 0.120 e. The molecule has 1 unspecified atom stereocenters. The van der Waals surface area contributed by atoms with Crippen molar-refractivity contribution in [3.05, 3.63) is 41.5 Å². The van der Waals surface area contributed by atoms with Crippen LogP contribution in [0, 0.1) is 0 Å². The van der Waals surface area contributed by atoms with Crippen molar-refractivity contribution in [2.75, 3.05) is 6.61 Å². The van der Waals surface area contributed by atoms with Gasteiger partial charge < -0.3 is 10.5 Å². The van der Waals surface area contributed by atoms with Gasteiger partial charge in [0.05, 0.1) is 0 Å². The maximum atomic E-state index is 5.97. The number of ether oxygens (including phenoxy) is 1. The van der Waals surface area contributed by atoms with Gasteiger partial charge in [0.1, 0.15) is 12.4 Å². The summed E-state index contributed by atoms with van der Waals surface area (Å²) in [5.41, 5.74) is 8.60. The predicted octanol–water partition coefficient (Wildman–Crippen LogP) is 2.59. The zero-order valence-electron chi connectivity index (χ0n) is 9.07. The Hall–Kier alpha value is -1.28. The number of rotatable bonds is 3. The smallest absolute Gasteiger partial charge is 0.120 e. The minimum absolute atomic E-state index is 0.226. The Morgan fingerprint density at radius 2 is 2.40 bits per heavy atom. The Balaban J connectivity index is 2.09. The van der Waals surface area contributed by atoms with Crippen molar-refractivity contribution in [3.8, 4) is 5.75 Å². The van der Waals surface area contributed by atoms with E-state index in [4.69, 9.17) is 10.5 Å². The molecule has 0 aromatic heterocycles. The molecule has 0 radical (unpaired) electrons. The molecular weight excluding hydrogens is 186 g/mol. The number of allylic oxidation sites excluding steroid dienone is 1. The molecule has 0 aliphatic heterocycles. The van der Waals surface area contributed by atoms with Gasteiger partial charge in [-0.25, -0.2) is 0 Å². The monoisotopic (exact) mass is 203 g/mol. The molecule has 1 aromatic carbocycles. The van der Waals surface area contributed by atoms with E-state index in [0.717, 1.165) is 18.6 Å². The normalized spacial score (nSPS) is 19.5. The van der Waals surface area contributed by atoms with Crippen molar-refractivity contribution in [2.45, 2.75) is 25.8 Å². The zero-order valence-corrected chi connectivity index (χ0v) is 9.07. The van der Waals surface area contributed by atoms with Gasteiger partial charge in [-0.1, -0.05) is 18.2 Å². The molecule has 0 saturated carbocycles. The molecule has 0 saturated heterocycles. The molecule has 0 amide bonds. The van der Waals surface area contributed by atoms with E-state index in [1.807, 2.05) is 25.1 Å². The Morgan fingerprint density at radius 3 is 3.20 bits per heavy atom. The lowest BCUT2D eigenvalue weighted by Gasteiger charge is -2.07. The van der Waals surface area contributed by atoms with E-state index in [9.17, 15) is 0 Å². The van der Waals surface area contributed by atoms with E-state index in [-0.39, 0.29) is 6.04 Å². The van der Waals surface area contributed by atoms with Gasteiger partial charge in [0, 0.05) is 6.04 Å². The van der Waals surface area contributed by atoms with Crippen LogP contribution in [0.5, 0.6) is 5.75 Å². The standard InChI is InChI=1S/C13H17NO/c1-2-3-8-15-11-5-6-12-10(9-11)4-7-13(12)14/h2-3,5-6,9,13H,4,7-8,14H2,1H3/b3-2+. The van der Waals surface area contributed by atoms with Gasteiger partial charge in [-0.15, -0.1) is 0 Å². The highest BCUT2D eigenvalue weighted by molar-refractivity contribution is 5.40. The molecule has 2 heteroatoms. The third-order valence-electron chi connectivity index (χ3n) is 2.82. The molecule has 15 heavy (non-hydrogen) atoms. The van der Waals surface area contributed by atoms with Crippen LogP contribution < -0.4 is 10.5 Å². The van der Waals surface area contributed by atoms with Gasteiger partial charge >= 0.3 is 0 Å². The van der Waals surface area contributed by atoms with E-state index >= 15 is 0 Å². The van der Waals surface area contributed by atoms with E-state index in [1.54, 1.807) is 0 Å². The van der Waals surface area contributed by atoms with Gasteiger partial charge in [-0.2, -0.15) is 0 Å². The molecule has 0 bridgehead atoms. The fourth-order valence-corrected chi connectivity index (χ4v) is 1.96. The first-order chi connectivity index (χ1) is 7.31. The molecule has 1 aliphatic rings. The molecule has 80 valence electrons. The Kier molecular flexibility index (Phi) is 3.07. The summed E-state index contributed by atoms with van der Waals surface area (Å²) in [6.45, 7) is 2.63. The van der Waals surface area contributed by atoms with E-state index < -0.39 is 0 Å². The third kappa shape index (κ3) is 2.21. The van der Waals surface area contributed by atoms with Crippen molar-refractivity contribution in [1.82, 2.24) is 0 Å². The van der Waals surface area contributed by atoms with E-state index in [0.29, 0.717) is 6.61 Å². The molecule has 0 heterocycles. The van der Waals surface area contributed by atoms with Crippen LogP contribution in [0.1, 0.15) is 30.5 Å². The van der Waals surface area contributed by atoms with Gasteiger partial charge in [0.2, 0.25) is 0 Å².